The van der Waals surface area contributed by atoms with Crippen molar-refractivity contribution in [3.63, 3.8) is 0 Å². The van der Waals surface area contributed by atoms with E-state index < -0.39 is 5.97 Å². The van der Waals surface area contributed by atoms with E-state index in [2.05, 4.69) is 10.2 Å². The molecule has 0 bridgehead atoms. The molecule has 0 aromatic rings. The summed E-state index contributed by atoms with van der Waals surface area (Å²) in [6, 6.07) is 0. The molecule has 1 aliphatic rings. The molecular weight excluding hydrogens is 208 g/mol. The minimum atomic E-state index is -0.776. The minimum Gasteiger partial charge on any atom is -0.481 e. The van der Waals surface area contributed by atoms with Gasteiger partial charge in [0.1, 0.15) is 0 Å². The van der Waals surface area contributed by atoms with Crippen LogP contribution in [0.25, 0.3) is 0 Å². The molecule has 5 nitrogen and oxygen atoms in total. The molecule has 2 unspecified atom stereocenters. The van der Waals surface area contributed by atoms with Gasteiger partial charge in [-0.25, -0.2) is 0 Å². The van der Waals surface area contributed by atoms with Crippen LogP contribution in [0.15, 0.2) is 0 Å². The summed E-state index contributed by atoms with van der Waals surface area (Å²) >= 11 is 0. The number of nitrogens with one attached hydrogen (secondary N) is 1. The van der Waals surface area contributed by atoms with Crippen LogP contribution in [0.1, 0.15) is 19.8 Å². The summed E-state index contributed by atoms with van der Waals surface area (Å²) < 4.78 is 0. The van der Waals surface area contributed by atoms with Crippen LogP contribution in [0.5, 0.6) is 0 Å². The lowest BCUT2D eigenvalue weighted by Crippen LogP contribution is -2.44. The van der Waals surface area contributed by atoms with Gasteiger partial charge in [0, 0.05) is 20.1 Å². The Hall–Kier alpha value is -1.10. The van der Waals surface area contributed by atoms with E-state index in [1.807, 2.05) is 0 Å². The van der Waals surface area contributed by atoms with Gasteiger partial charge in [0.05, 0.1) is 11.8 Å². The molecule has 5 heteroatoms. The molecule has 0 aromatic heterocycles. The summed E-state index contributed by atoms with van der Waals surface area (Å²) in [5.41, 5.74) is 0. The van der Waals surface area contributed by atoms with Crippen LogP contribution < -0.4 is 5.32 Å². The second-order valence-corrected chi connectivity index (χ2v) is 4.45. The fraction of sp³-hybridized carbons (Fsp3) is 0.818. The first kappa shape index (κ1) is 13.0. The highest BCUT2D eigenvalue weighted by atomic mass is 16.4. The number of carboxylic acid groups (broad SMARTS) is 1. The summed E-state index contributed by atoms with van der Waals surface area (Å²) in [6.07, 6.45) is 1.86. The Morgan fingerprint density at radius 3 is 2.81 bits per heavy atom. The number of hydrogen-bond donors (Lipinski definition) is 2. The third kappa shape index (κ3) is 3.48. The van der Waals surface area contributed by atoms with Gasteiger partial charge in [0.15, 0.2) is 0 Å². The highest BCUT2D eigenvalue weighted by Gasteiger charge is 2.26. The van der Waals surface area contributed by atoms with E-state index in [-0.39, 0.29) is 17.7 Å². The van der Waals surface area contributed by atoms with Crippen molar-refractivity contribution in [1.82, 2.24) is 10.2 Å². The largest absolute Gasteiger partial charge is 0.481 e. The number of hydrogen-bond acceptors (Lipinski definition) is 3. The van der Waals surface area contributed by atoms with Crippen LogP contribution >= 0.6 is 0 Å². The summed E-state index contributed by atoms with van der Waals surface area (Å²) in [7, 11) is 1.64. The van der Waals surface area contributed by atoms with Crippen molar-refractivity contribution in [3.8, 4) is 0 Å². The number of piperidine rings is 1. The van der Waals surface area contributed by atoms with E-state index in [9.17, 15) is 9.59 Å². The quantitative estimate of drug-likeness (QED) is 0.719. The maximum absolute atomic E-state index is 11.5. The lowest BCUT2D eigenvalue weighted by atomic mass is 9.96. The third-order valence-electron chi connectivity index (χ3n) is 3.08. The summed E-state index contributed by atoms with van der Waals surface area (Å²) in [5.74, 6) is -1.07. The highest BCUT2D eigenvalue weighted by molar-refractivity contribution is 5.78. The number of amides is 1. The normalized spacial score (nSPS) is 23.8. The number of rotatable bonds is 4. The zero-order chi connectivity index (χ0) is 12.1. The number of carboxylic acids is 1. The average molecular weight is 228 g/mol. The Bertz CT molecular complexity index is 268. The Balaban J connectivity index is 2.44. The zero-order valence-electron chi connectivity index (χ0n) is 9.90. The summed E-state index contributed by atoms with van der Waals surface area (Å²) in [5, 5.41) is 11.5. The topological polar surface area (TPSA) is 69.6 Å². The molecule has 2 N–H and O–H groups in total. The molecule has 1 heterocycles. The highest BCUT2D eigenvalue weighted by Crippen LogP contribution is 2.17. The molecule has 0 aromatic carbocycles. The molecule has 92 valence electrons. The van der Waals surface area contributed by atoms with Crippen LogP contribution in [-0.2, 0) is 9.59 Å². The van der Waals surface area contributed by atoms with Crippen LogP contribution in [-0.4, -0.2) is 48.6 Å². The Morgan fingerprint density at radius 1 is 1.56 bits per heavy atom. The SMILES string of the molecule is CNC(=O)C1CCCN(CC(C)C(=O)O)C1. The van der Waals surface area contributed by atoms with E-state index in [0.29, 0.717) is 13.1 Å². The van der Waals surface area contributed by atoms with Crippen molar-refractivity contribution in [1.29, 1.82) is 0 Å². The van der Waals surface area contributed by atoms with Gasteiger partial charge in [-0.1, -0.05) is 6.92 Å². The van der Waals surface area contributed by atoms with Gasteiger partial charge in [-0.2, -0.15) is 0 Å². The molecular formula is C11H20N2O3. The number of likely N-dealkylation sites (tertiary alicyclic amines) is 1. The van der Waals surface area contributed by atoms with Gasteiger partial charge in [-0.3, -0.25) is 9.59 Å². The number of carbonyl (C=O) groups is 2. The molecule has 2 atom stereocenters. The van der Waals surface area contributed by atoms with E-state index in [1.165, 1.54) is 0 Å². The first-order valence-corrected chi connectivity index (χ1v) is 5.71. The van der Waals surface area contributed by atoms with Gasteiger partial charge < -0.3 is 15.3 Å². The molecule has 16 heavy (non-hydrogen) atoms. The fourth-order valence-corrected chi connectivity index (χ4v) is 2.10. The summed E-state index contributed by atoms with van der Waals surface area (Å²) in [6.45, 7) is 3.80. The number of nitrogens with zero attached hydrogens (tertiary/aromatic N) is 1. The second-order valence-electron chi connectivity index (χ2n) is 4.45. The summed E-state index contributed by atoms with van der Waals surface area (Å²) in [4.78, 5) is 24.3. The molecule has 0 radical (unpaired) electrons. The Morgan fingerprint density at radius 2 is 2.25 bits per heavy atom. The van der Waals surface area contributed by atoms with Crippen LogP contribution in [0, 0.1) is 11.8 Å². The third-order valence-corrected chi connectivity index (χ3v) is 3.08. The molecule has 1 saturated heterocycles. The van der Waals surface area contributed by atoms with E-state index in [1.54, 1.807) is 14.0 Å². The molecule has 1 amide bonds. The predicted octanol–water partition coefficient (Wildman–Crippen LogP) is 0.165. The molecule has 0 saturated carbocycles. The van der Waals surface area contributed by atoms with Crippen molar-refractivity contribution in [2.45, 2.75) is 19.8 Å². The molecule has 1 aliphatic heterocycles. The molecule has 1 fully saturated rings. The van der Waals surface area contributed by atoms with E-state index in [0.717, 1.165) is 19.4 Å². The van der Waals surface area contributed by atoms with Crippen LogP contribution in [0.4, 0.5) is 0 Å². The van der Waals surface area contributed by atoms with Crippen molar-refractivity contribution in [3.05, 3.63) is 0 Å². The second kappa shape index (κ2) is 5.84. The van der Waals surface area contributed by atoms with Crippen molar-refractivity contribution in [2.24, 2.45) is 11.8 Å². The standard InChI is InChI=1S/C11H20N2O3/c1-8(11(15)16)6-13-5-3-4-9(7-13)10(14)12-2/h8-9H,3-7H2,1-2H3,(H,12,14)(H,15,16). The van der Waals surface area contributed by atoms with Gasteiger partial charge in [0.2, 0.25) is 5.91 Å². The predicted molar refractivity (Wildman–Crippen MR) is 60.0 cm³/mol. The number of aliphatic carboxylic acids is 1. The number of carbonyl (C=O) groups excluding carboxylic acids is 1. The Kier molecular flexibility index (Phi) is 4.73. The van der Waals surface area contributed by atoms with E-state index in [4.69, 9.17) is 5.11 Å². The van der Waals surface area contributed by atoms with Gasteiger partial charge in [-0.05, 0) is 19.4 Å². The monoisotopic (exact) mass is 228 g/mol. The maximum atomic E-state index is 11.5. The first-order valence-electron chi connectivity index (χ1n) is 5.71. The Labute approximate surface area is 95.8 Å². The van der Waals surface area contributed by atoms with Crippen molar-refractivity contribution in [2.75, 3.05) is 26.7 Å². The van der Waals surface area contributed by atoms with Gasteiger partial charge in [-0.15, -0.1) is 0 Å². The first-order chi connectivity index (χ1) is 7.54. The van der Waals surface area contributed by atoms with Gasteiger partial charge >= 0.3 is 5.97 Å². The van der Waals surface area contributed by atoms with Crippen molar-refractivity contribution < 1.29 is 14.7 Å². The molecule has 0 aliphatic carbocycles. The maximum Gasteiger partial charge on any atom is 0.307 e. The zero-order valence-corrected chi connectivity index (χ0v) is 9.90. The van der Waals surface area contributed by atoms with E-state index >= 15 is 0 Å². The lowest BCUT2D eigenvalue weighted by Gasteiger charge is -2.32. The van der Waals surface area contributed by atoms with Crippen LogP contribution in [0.2, 0.25) is 0 Å². The molecule has 1 rings (SSSR count). The molecule has 0 spiro atoms. The van der Waals surface area contributed by atoms with Gasteiger partial charge in [0.25, 0.3) is 0 Å². The average Bonchev–Trinajstić information content (AvgIpc) is 2.28. The minimum absolute atomic E-state index is 0.0137. The van der Waals surface area contributed by atoms with Crippen molar-refractivity contribution >= 4 is 11.9 Å². The fourth-order valence-electron chi connectivity index (χ4n) is 2.10. The van der Waals surface area contributed by atoms with Crippen LogP contribution in [0.3, 0.4) is 0 Å². The smallest absolute Gasteiger partial charge is 0.307 e. The lowest BCUT2D eigenvalue weighted by molar-refractivity contribution is -0.141.